The quantitative estimate of drug-likeness (QED) is 0.413. The molecular weight excluding hydrogens is 238 g/mol. The van der Waals surface area contributed by atoms with Gasteiger partial charge in [0.25, 0.3) is 5.91 Å². The van der Waals surface area contributed by atoms with Crippen LogP contribution in [0, 0.1) is 0 Å². The fourth-order valence-corrected chi connectivity index (χ4v) is 0.708. The molecule has 16 heavy (non-hydrogen) atoms. The third-order valence-electron chi connectivity index (χ3n) is 1.42. The summed E-state index contributed by atoms with van der Waals surface area (Å²) in [5.41, 5.74) is -4.23. The molecule has 0 saturated heterocycles. The molecule has 0 bridgehead atoms. The van der Waals surface area contributed by atoms with Crippen LogP contribution in [0.1, 0.15) is 6.92 Å². The second-order valence-corrected chi connectivity index (χ2v) is 2.61. The second-order valence-electron chi connectivity index (χ2n) is 2.61. The van der Waals surface area contributed by atoms with Crippen LogP contribution in [-0.2, 0) is 14.3 Å². The van der Waals surface area contributed by atoms with E-state index in [1.54, 1.807) is 0 Å². The SMILES string of the molecule is CCOC(=O)C(O)(NC(=O)CF)C(F)(F)F. The van der Waals surface area contributed by atoms with Crippen LogP contribution in [0.25, 0.3) is 0 Å². The molecule has 0 aliphatic carbocycles. The Morgan fingerprint density at radius 3 is 2.19 bits per heavy atom. The first-order valence-corrected chi connectivity index (χ1v) is 4.02. The topological polar surface area (TPSA) is 75.6 Å². The van der Waals surface area contributed by atoms with Gasteiger partial charge in [0.1, 0.15) is 0 Å². The number of esters is 1. The molecule has 0 saturated carbocycles. The van der Waals surface area contributed by atoms with Gasteiger partial charge >= 0.3 is 17.9 Å². The van der Waals surface area contributed by atoms with Crippen LogP contribution >= 0.6 is 0 Å². The second kappa shape index (κ2) is 5.10. The zero-order valence-corrected chi connectivity index (χ0v) is 8.10. The largest absolute Gasteiger partial charge is 0.462 e. The molecule has 1 unspecified atom stereocenters. The van der Waals surface area contributed by atoms with E-state index >= 15 is 0 Å². The van der Waals surface area contributed by atoms with E-state index in [0.29, 0.717) is 0 Å². The lowest BCUT2D eigenvalue weighted by Crippen LogP contribution is -2.65. The molecule has 0 aromatic rings. The summed E-state index contributed by atoms with van der Waals surface area (Å²) in [5.74, 6) is -3.91. The molecule has 1 amide bonds. The van der Waals surface area contributed by atoms with Gasteiger partial charge < -0.3 is 15.2 Å². The Kier molecular flexibility index (Phi) is 4.66. The number of alkyl halides is 4. The summed E-state index contributed by atoms with van der Waals surface area (Å²) in [6, 6.07) is 0. The third-order valence-corrected chi connectivity index (χ3v) is 1.42. The number of ether oxygens (including phenoxy) is 1. The molecule has 0 radical (unpaired) electrons. The lowest BCUT2D eigenvalue weighted by atomic mass is 10.2. The average molecular weight is 247 g/mol. The van der Waals surface area contributed by atoms with Gasteiger partial charge in [-0.3, -0.25) is 4.79 Å². The molecule has 0 fully saturated rings. The molecule has 1 atom stereocenters. The smallest absolute Gasteiger partial charge is 0.448 e. The normalized spacial score (nSPS) is 15.1. The molecule has 2 N–H and O–H groups in total. The maximum atomic E-state index is 12.3. The predicted molar refractivity (Wildman–Crippen MR) is 41.8 cm³/mol. The Balaban J connectivity index is 5.04. The van der Waals surface area contributed by atoms with Crippen LogP contribution in [0.15, 0.2) is 0 Å². The molecule has 9 heteroatoms. The Morgan fingerprint density at radius 2 is 1.88 bits per heavy atom. The number of aliphatic hydroxyl groups is 1. The predicted octanol–water partition coefficient (Wildman–Crippen LogP) is -0.114. The highest BCUT2D eigenvalue weighted by molar-refractivity contribution is 5.87. The zero-order chi connectivity index (χ0) is 13.0. The van der Waals surface area contributed by atoms with Crippen molar-refractivity contribution >= 4 is 11.9 Å². The first-order valence-electron chi connectivity index (χ1n) is 4.02. The van der Waals surface area contributed by atoms with Crippen molar-refractivity contribution in [2.75, 3.05) is 13.3 Å². The number of halogens is 4. The highest BCUT2D eigenvalue weighted by Crippen LogP contribution is 2.29. The van der Waals surface area contributed by atoms with Crippen molar-refractivity contribution in [1.29, 1.82) is 0 Å². The number of amides is 1. The molecule has 5 nitrogen and oxygen atoms in total. The Labute approximate surface area is 87.4 Å². The number of hydrogen-bond acceptors (Lipinski definition) is 4. The molecule has 0 heterocycles. The van der Waals surface area contributed by atoms with Crippen LogP contribution in [0.2, 0.25) is 0 Å². The van der Waals surface area contributed by atoms with Crippen LogP contribution in [0.5, 0.6) is 0 Å². The minimum Gasteiger partial charge on any atom is -0.462 e. The maximum absolute atomic E-state index is 12.3. The summed E-state index contributed by atoms with van der Waals surface area (Å²) in [7, 11) is 0. The first kappa shape index (κ1) is 14.6. The van der Waals surface area contributed by atoms with E-state index in [4.69, 9.17) is 5.11 Å². The molecular formula is C7H9F4NO4. The van der Waals surface area contributed by atoms with Crippen molar-refractivity contribution in [2.45, 2.75) is 18.8 Å². The van der Waals surface area contributed by atoms with Gasteiger partial charge in [-0.1, -0.05) is 0 Å². The van der Waals surface area contributed by atoms with E-state index in [-0.39, 0.29) is 0 Å². The Morgan fingerprint density at radius 1 is 1.38 bits per heavy atom. The summed E-state index contributed by atoms with van der Waals surface area (Å²) in [6.45, 7) is -1.05. The van der Waals surface area contributed by atoms with Crippen LogP contribution in [0.4, 0.5) is 17.6 Å². The lowest BCUT2D eigenvalue weighted by molar-refractivity contribution is -0.271. The van der Waals surface area contributed by atoms with Crippen molar-refractivity contribution in [1.82, 2.24) is 5.32 Å². The number of carbonyl (C=O) groups is 2. The van der Waals surface area contributed by atoms with Crippen LogP contribution < -0.4 is 5.32 Å². The van der Waals surface area contributed by atoms with Gasteiger partial charge in [-0.25, -0.2) is 9.18 Å². The van der Waals surface area contributed by atoms with Gasteiger partial charge in [-0.05, 0) is 6.92 Å². The summed E-state index contributed by atoms with van der Waals surface area (Å²) in [6.07, 6.45) is -5.51. The Bertz CT molecular complexity index is 280. The van der Waals surface area contributed by atoms with Gasteiger partial charge in [0, 0.05) is 0 Å². The molecule has 0 spiro atoms. The molecule has 94 valence electrons. The highest BCUT2D eigenvalue weighted by atomic mass is 19.4. The molecule has 0 aliphatic heterocycles. The van der Waals surface area contributed by atoms with Crippen molar-refractivity contribution in [3.05, 3.63) is 0 Å². The van der Waals surface area contributed by atoms with Crippen molar-refractivity contribution in [3.8, 4) is 0 Å². The average Bonchev–Trinajstić information content (AvgIpc) is 2.16. The molecule has 0 aliphatic rings. The monoisotopic (exact) mass is 247 g/mol. The minimum absolute atomic E-state index is 0.442. The van der Waals surface area contributed by atoms with Crippen molar-refractivity contribution in [2.24, 2.45) is 0 Å². The number of hydrogen-bond donors (Lipinski definition) is 2. The van der Waals surface area contributed by atoms with Crippen LogP contribution in [0.3, 0.4) is 0 Å². The zero-order valence-electron chi connectivity index (χ0n) is 8.10. The van der Waals surface area contributed by atoms with Gasteiger partial charge in [0.15, 0.2) is 6.67 Å². The van der Waals surface area contributed by atoms with E-state index < -0.39 is 37.1 Å². The van der Waals surface area contributed by atoms with Crippen LogP contribution in [-0.4, -0.2) is 42.2 Å². The summed E-state index contributed by atoms with van der Waals surface area (Å²) in [5, 5.41) is 9.76. The maximum Gasteiger partial charge on any atom is 0.448 e. The minimum atomic E-state index is -5.51. The standard InChI is InChI=1S/C7H9F4NO4/c1-2-16-5(14)6(15,7(9,10)11)12-4(13)3-8/h15H,2-3H2,1H3,(H,12,13). The van der Waals surface area contributed by atoms with E-state index in [0.717, 1.165) is 5.32 Å². The first-order chi connectivity index (χ1) is 7.19. The van der Waals surface area contributed by atoms with E-state index in [1.165, 1.54) is 6.92 Å². The Hall–Kier alpha value is -1.38. The summed E-state index contributed by atoms with van der Waals surface area (Å²) < 4.78 is 52.5. The lowest BCUT2D eigenvalue weighted by Gasteiger charge is -2.28. The van der Waals surface area contributed by atoms with Gasteiger partial charge in [0.2, 0.25) is 0 Å². The molecule has 0 aromatic heterocycles. The van der Waals surface area contributed by atoms with Crippen molar-refractivity contribution in [3.63, 3.8) is 0 Å². The highest BCUT2D eigenvalue weighted by Gasteiger charge is 2.62. The van der Waals surface area contributed by atoms with Crippen molar-refractivity contribution < 1.29 is 37.0 Å². The number of carbonyl (C=O) groups excluding carboxylic acids is 2. The van der Waals surface area contributed by atoms with Gasteiger partial charge in [0.05, 0.1) is 6.61 Å². The fourth-order valence-electron chi connectivity index (χ4n) is 0.708. The molecule has 0 rings (SSSR count). The fraction of sp³-hybridized carbons (Fsp3) is 0.714. The van der Waals surface area contributed by atoms with E-state index in [1.807, 2.05) is 0 Å². The van der Waals surface area contributed by atoms with Gasteiger partial charge in [-0.15, -0.1) is 0 Å². The molecule has 0 aromatic carbocycles. The number of nitrogens with one attached hydrogen (secondary N) is 1. The van der Waals surface area contributed by atoms with E-state index in [2.05, 4.69) is 4.74 Å². The number of rotatable bonds is 4. The van der Waals surface area contributed by atoms with Gasteiger partial charge in [-0.2, -0.15) is 13.2 Å². The summed E-state index contributed by atoms with van der Waals surface area (Å²) >= 11 is 0. The summed E-state index contributed by atoms with van der Waals surface area (Å²) in [4.78, 5) is 21.3. The third kappa shape index (κ3) is 3.05. The van der Waals surface area contributed by atoms with E-state index in [9.17, 15) is 27.2 Å².